The molecule has 1 heterocycles. The van der Waals surface area contributed by atoms with Crippen LogP contribution in [0.1, 0.15) is 18.1 Å². The van der Waals surface area contributed by atoms with Crippen LogP contribution in [0.25, 0.3) is 0 Å². The summed E-state index contributed by atoms with van der Waals surface area (Å²) in [5.41, 5.74) is 5.24. The Morgan fingerprint density at radius 2 is 2.78 bits per heavy atom. The molecule has 0 atom stereocenters. The van der Waals surface area contributed by atoms with Gasteiger partial charge >= 0.3 is 0 Å². The molecule has 1 aromatic heterocycles. The first kappa shape index (κ1) is 2.39. The van der Waals surface area contributed by atoms with Crippen molar-refractivity contribution in [2.75, 3.05) is 0 Å². The van der Waals surface area contributed by atoms with Crippen molar-refractivity contribution in [2.24, 2.45) is 5.73 Å². The van der Waals surface area contributed by atoms with Crippen LogP contribution in [-0.2, 0) is 6.50 Å². The Labute approximate surface area is 61.7 Å². The molecule has 1 rings (SSSR count). The zero-order chi connectivity index (χ0) is 11.0. The van der Waals surface area contributed by atoms with E-state index >= 15 is 0 Å². The Hall–Kier alpha value is -0.890. The van der Waals surface area contributed by atoms with Gasteiger partial charge in [0.1, 0.15) is 0 Å². The van der Waals surface area contributed by atoms with Crippen LogP contribution >= 0.6 is 0 Å². The van der Waals surface area contributed by atoms with Gasteiger partial charge in [-0.1, -0.05) is 6.07 Å². The molecule has 0 saturated carbocycles. The number of pyridine rings is 1. The highest BCUT2D eigenvalue weighted by Crippen LogP contribution is 1.95. The van der Waals surface area contributed by atoms with Gasteiger partial charge in [0.2, 0.25) is 0 Å². The zero-order valence-electron chi connectivity index (χ0n) is 9.76. The Morgan fingerprint density at radius 3 is 3.22 bits per heavy atom. The summed E-state index contributed by atoms with van der Waals surface area (Å²) in [4.78, 5) is 3.66. The highest BCUT2D eigenvalue weighted by Gasteiger charge is 1.86. The fourth-order valence-electron chi connectivity index (χ4n) is 0.479. The molecule has 0 fully saturated rings. The molecule has 48 valence electrons. The van der Waals surface area contributed by atoms with Crippen LogP contribution in [0.3, 0.4) is 0 Å². The van der Waals surface area contributed by atoms with Crippen LogP contribution in [0.5, 0.6) is 0 Å². The van der Waals surface area contributed by atoms with E-state index in [0.29, 0.717) is 0 Å². The topological polar surface area (TPSA) is 38.9 Å². The molecule has 0 unspecified atom stereocenters. The fourth-order valence-corrected chi connectivity index (χ4v) is 0.479. The van der Waals surface area contributed by atoms with E-state index in [2.05, 4.69) is 4.98 Å². The smallest absolute Gasteiger partial charge is 0.0539 e. The molecule has 2 heteroatoms. The van der Waals surface area contributed by atoms with Gasteiger partial charge in [0.25, 0.3) is 0 Å². The molecular weight excluding hydrogens is 112 g/mol. The lowest BCUT2D eigenvalue weighted by Gasteiger charge is -1.93. The minimum Gasteiger partial charge on any atom is -0.325 e. The minimum absolute atomic E-state index is 0.0190. The number of hydrogen-bond acceptors (Lipinski definition) is 2. The number of nitrogens with zero attached hydrogens (tertiary/aromatic N) is 1. The highest BCUT2D eigenvalue weighted by molar-refractivity contribution is 5.11. The average molecular weight is 127 g/mol. The van der Waals surface area contributed by atoms with E-state index in [0.717, 1.165) is 6.20 Å². The van der Waals surface area contributed by atoms with E-state index in [1.165, 1.54) is 12.1 Å². The lowest BCUT2D eigenvalue weighted by atomic mass is 10.3. The summed E-state index contributed by atoms with van der Waals surface area (Å²) in [7, 11) is 0. The Kier molecular flexibility index (Phi) is 0.688. The number of hydrogen-bond donors (Lipinski definition) is 1. The molecule has 0 spiro atoms. The summed E-state index contributed by atoms with van der Waals surface area (Å²) < 4.78 is 35.5. The summed E-state index contributed by atoms with van der Waals surface area (Å²) in [5, 5.41) is 0. The van der Waals surface area contributed by atoms with E-state index < -0.39 is 13.3 Å². The first-order chi connectivity index (χ1) is 6.21. The van der Waals surface area contributed by atoms with Gasteiger partial charge in [-0.15, -0.1) is 0 Å². The first-order valence-corrected chi connectivity index (χ1v) is 2.47. The van der Waals surface area contributed by atoms with Gasteiger partial charge in [0.05, 0.1) is 5.69 Å². The van der Waals surface area contributed by atoms with E-state index in [1.807, 2.05) is 0 Å². The van der Waals surface area contributed by atoms with Gasteiger partial charge < -0.3 is 5.73 Å². The number of aromatic nitrogens is 1. The molecule has 9 heavy (non-hydrogen) atoms. The Balaban J connectivity index is 3.02. The van der Waals surface area contributed by atoms with Crippen LogP contribution in [-0.4, -0.2) is 4.98 Å². The zero-order valence-corrected chi connectivity index (χ0v) is 4.76. The molecule has 0 amide bonds. The molecule has 0 aliphatic heterocycles. The van der Waals surface area contributed by atoms with Crippen molar-refractivity contribution in [3.8, 4) is 0 Å². The predicted octanol–water partition coefficient (Wildman–Crippen LogP) is 0.849. The molecule has 2 N–H and O–H groups in total. The van der Waals surface area contributed by atoms with Crippen molar-refractivity contribution >= 4 is 0 Å². The van der Waals surface area contributed by atoms with Gasteiger partial charge in [-0.25, -0.2) is 0 Å². The normalized spacial score (nSPS) is 20.8. The third-order valence-electron chi connectivity index (χ3n) is 0.911. The first-order valence-electron chi connectivity index (χ1n) is 4.97. The summed E-state index contributed by atoms with van der Waals surface area (Å²) in [5.74, 6) is 0. The summed E-state index contributed by atoms with van der Waals surface area (Å²) in [6.07, 6.45) is 1.12. The number of aryl methyl sites for hydroxylation is 1. The lowest BCUT2D eigenvalue weighted by molar-refractivity contribution is 0.984. The van der Waals surface area contributed by atoms with E-state index in [9.17, 15) is 0 Å². The van der Waals surface area contributed by atoms with Crippen molar-refractivity contribution in [3.63, 3.8) is 0 Å². The van der Waals surface area contributed by atoms with Crippen molar-refractivity contribution < 1.29 is 6.85 Å². The molecule has 0 radical (unpaired) electrons. The van der Waals surface area contributed by atoms with E-state index in [-0.39, 0.29) is 11.3 Å². The Bertz CT molecular complexity index is 277. The number of nitrogens with two attached hydrogens (primary N) is 1. The average Bonchev–Trinajstić information content (AvgIpc) is 2.01. The van der Waals surface area contributed by atoms with Crippen molar-refractivity contribution in [1.82, 2.24) is 4.98 Å². The maximum atomic E-state index is 7.14. The lowest BCUT2D eigenvalue weighted by Crippen LogP contribution is -1.98. The van der Waals surface area contributed by atoms with Crippen LogP contribution < -0.4 is 5.73 Å². The molecule has 0 aliphatic rings. The second-order valence-electron chi connectivity index (χ2n) is 1.58. The van der Waals surface area contributed by atoms with Gasteiger partial charge in [-0.3, -0.25) is 4.98 Å². The summed E-state index contributed by atoms with van der Waals surface area (Å²) >= 11 is 0. The van der Waals surface area contributed by atoms with Gasteiger partial charge in [0.15, 0.2) is 0 Å². The van der Waals surface area contributed by atoms with E-state index in [4.69, 9.17) is 12.6 Å². The quantitative estimate of drug-likeness (QED) is 0.607. The predicted molar refractivity (Wildman–Crippen MR) is 36.9 cm³/mol. The van der Waals surface area contributed by atoms with E-state index in [1.54, 1.807) is 0 Å². The highest BCUT2D eigenvalue weighted by atomic mass is 14.7. The second-order valence-corrected chi connectivity index (χ2v) is 1.58. The SMILES string of the molecule is [2H]C([2H])([2H])c1ccc(C([2H])([2H])N)nc1. The molecule has 0 bridgehead atoms. The molecule has 0 saturated heterocycles. The van der Waals surface area contributed by atoms with Gasteiger partial charge in [0, 0.05) is 19.5 Å². The Morgan fingerprint density at radius 1 is 1.89 bits per heavy atom. The molecular formula is C7H10N2. The maximum Gasteiger partial charge on any atom is 0.0539 e. The minimum atomic E-state index is -2.22. The summed E-state index contributed by atoms with van der Waals surface area (Å²) in [6, 6.07) is 2.59. The largest absolute Gasteiger partial charge is 0.325 e. The van der Waals surface area contributed by atoms with Crippen molar-refractivity contribution in [3.05, 3.63) is 29.6 Å². The molecule has 1 aromatic rings. The fraction of sp³-hybridized carbons (Fsp3) is 0.286. The summed E-state index contributed by atoms with van der Waals surface area (Å²) in [6.45, 7) is -4.25. The van der Waals surface area contributed by atoms with Crippen molar-refractivity contribution in [2.45, 2.75) is 13.3 Å². The van der Waals surface area contributed by atoms with Crippen LogP contribution in [0.2, 0.25) is 0 Å². The van der Waals surface area contributed by atoms with Crippen LogP contribution in [0.4, 0.5) is 0 Å². The monoisotopic (exact) mass is 127 g/mol. The second kappa shape index (κ2) is 2.60. The molecule has 0 aliphatic carbocycles. The van der Waals surface area contributed by atoms with Gasteiger partial charge in [-0.2, -0.15) is 0 Å². The maximum absolute atomic E-state index is 7.14. The third-order valence-corrected chi connectivity index (χ3v) is 0.911. The molecule has 2 nitrogen and oxygen atoms in total. The van der Waals surface area contributed by atoms with Crippen molar-refractivity contribution in [1.29, 1.82) is 0 Å². The molecule has 0 aromatic carbocycles. The standard InChI is InChI=1S/C7H10N2/c1-6-2-3-7(4-8)9-5-6/h2-3,5H,4,8H2,1H3/i1D3,4D2. The van der Waals surface area contributed by atoms with Crippen LogP contribution in [0, 0.1) is 6.85 Å². The third kappa shape index (κ3) is 1.50. The van der Waals surface area contributed by atoms with Crippen LogP contribution in [0.15, 0.2) is 18.3 Å². The number of rotatable bonds is 1. The van der Waals surface area contributed by atoms with Gasteiger partial charge in [-0.05, 0) is 18.5 Å².